The van der Waals surface area contributed by atoms with Crippen LogP contribution in [0.15, 0.2) is 30.5 Å². The molecule has 0 radical (unpaired) electrons. The van der Waals surface area contributed by atoms with E-state index in [1.807, 2.05) is 25.4 Å². The number of aryl methyl sites for hydroxylation is 1. The summed E-state index contributed by atoms with van der Waals surface area (Å²) in [5, 5.41) is 14.1. The van der Waals surface area contributed by atoms with E-state index >= 15 is 0 Å². The van der Waals surface area contributed by atoms with Crippen molar-refractivity contribution in [3.8, 4) is 17.0 Å². The Morgan fingerprint density at radius 2 is 2.12 bits per heavy atom. The minimum atomic E-state index is 0.235. The van der Waals surface area contributed by atoms with E-state index in [9.17, 15) is 5.11 Å². The maximum absolute atomic E-state index is 9.78. The molecule has 1 N–H and O–H groups in total. The van der Waals surface area contributed by atoms with E-state index < -0.39 is 0 Å². The van der Waals surface area contributed by atoms with Gasteiger partial charge >= 0.3 is 0 Å². The van der Waals surface area contributed by atoms with Crippen LogP contribution >= 0.6 is 0 Å². The quantitative estimate of drug-likeness (QED) is 0.856. The second kappa shape index (κ2) is 4.37. The molecule has 0 saturated heterocycles. The molecule has 2 aromatic rings. The van der Waals surface area contributed by atoms with E-state index in [-0.39, 0.29) is 5.75 Å². The standard InChI is InChI=1S/C12H14N2O2/c1-14-7-9(8-16-2)12(13-14)10-5-3-4-6-11(10)15/h3-7,15H,8H2,1-2H3. The molecule has 16 heavy (non-hydrogen) atoms. The number of phenolic OH excluding ortho intramolecular Hbond substituents is 1. The number of hydrogen-bond donors (Lipinski definition) is 1. The first-order valence-electron chi connectivity index (χ1n) is 5.02. The van der Waals surface area contributed by atoms with Crippen LogP contribution < -0.4 is 0 Å². The molecule has 2 rings (SSSR count). The summed E-state index contributed by atoms with van der Waals surface area (Å²) in [6, 6.07) is 7.16. The van der Waals surface area contributed by atoms with E-state index in [0.717, 1.165) is 16.8 Å². The van der Waals surface area contributed by atoms with Crippen LogP contribution in [0.2, 0.25) is 0 Å². The van der Waals surface area contributed by atoms with Crippen molar-refractivity contribution in [3.63, 3.8) is 0 Å². The van der Waals surface area contributed by atoms with Gasteiger partial charge in [0.05, 0.1) is 6.61 Å². The topological polar surface area (TPSA) is 47.3 Å². The molecule has 0 atom stereocenters. The fourth-order valence-electron chi connectivity index (χ4n) is 1.70. The maximum atomic E-state index is 9.78. The van der Waals surface area contributed by atoms with Crippen LogP contribution in [0.25, 0.3) is 11.3 Å². The van der Waals surface area contributed by atoms with Gasteiger partial charge in [0.25, 0.3) is 0 Å². The number of hydrogen-bond acceptors (Lipinski definition) is 3. The lowest BCUT2D eigenvalue weighted by atomic mass is 10.1. The van der Waals surface area contributed by atoms with Crippen LogP contribution in [0.4, 0.5) is 0 Å². The minimum absolute atomic E-state index is 0.235. The Bertz CT molecular complexity index is 492. The van der Waals surface area contributed by atoms with Crippen molar-refractivity contribution in [1.29, 1.82) is 0 Å². The third-order valence-corrected chi connectivity index (χ3v) is 2.36. The van der Waals surface area contributed by atoms with E-state index in [1.165, 1.54) is 0 Å². The lowest BCUT2D eigenvalue weighted by Crippen LogP contribution is -1.89. The number of nitrogens with zero attached hydrogens (tertiary/aromatic N) is 2. The Morgan fingerprint density at radius 1 is 1.38 bits per heavy atom. The molecule has 1 aromatic carbocycles. The summed E-state index contributed by atoms with van der Waals surface area (Å²) in [7, 11) is 3.49. The predicted molar refractivity (Wildman–Crippen MR) is 61.0 cm³/mol. The summed E-state index contributed by atoms with van der Waals surface area (Å²) in [5.41, 5.74) is 2.46. The number of aromatic hydroxyl groups is 1. The molecular formula is C12H14N2O2. The molecule has 1 aromatic heterocycles. The van der Waals surface area contributed by atoms with Crippen molar-refractivity contribution in [2.45, 2.75) is 6.61 Å². The first-order valence-corrected chi connectivity index (χ1v) is 5.02. The molecular weight excluding hydrogens is 204 g/mol. The number of benzene rings is 1. The van der Waals surface area contributed by atoms with E-state index in [0.29, 0.717) is 6.61 Å². The first-order chi connectivity index (χ1) is 7.72. The van der Waals surface area contributed by atoms with Gasteiger partial charge in [0, 0.05) is 31.5 Å². The van der Waals surface area contributed by atoms with Crippen LogP contribution in [-0.2, 0) is 18.4 Å². The number of phenols is 1. The molecule has 84 valence electrons. The van der Waals surface area contributed by atoms with Gasteiger partial charge in [0.1, 0.15) is 11.4 Å². The van der Waals surface area contributed by atoms with Crippen LogP contribution in [0.3, 0.4) is 0 Å². The number of aromatic nitrogens is 2. The van der Waals surface area contributed by atoms with Crippen LogP contribution in [0, 0.1) is 0 Å². The average molecular weight is 218 g/mol. The molecule has 4 heteroatoms. The Hall–Kier alpha value is -1.81. The molecule has 0 amide bonds. The minimum Gasteiger partial charge on any atom is -0.507 e. The zero-order valence-corrected chi connectivity index (χ0v) is 9.34. The Morgan fingerprint density at radius 3 is 2.81 bits per heavy atom. The second-order valence-electron chi connectivity index (χ2n) is 3.63. The lowest BCUT2D eigenvalue weighted by Gasteiger charge is -2.03. The van der Waals surface area contributed by atoms with E-state index in [1.54, 1.807) is 23.9 Å². The Labute approximate surface area is 94.1 Å². The number of methoxy groups -OCH3 is 1. The molecule has 0 saturated carbocycles. The fourth-order valence-corrected chi connectivity index (χ4v) is 1.70. The van der Waals surface area contributed by atoms with Gasteiger partial charge in [-0.15, -0.1) is 0 Å². The number of para-hydroxylation sites is 1. The molecule has 0 aliphatic rings. The van der Waals surface area contributed by atoms with Crippen molar-refractivity contribution in [1.82, 2.24) is 9.78 Å². The van der Waals surface area contributed by atoms with Gasteiger partial charge in [-0.2, -0.15) is 5.10 Å². The predicted octanol–water partition coefficient (Wildman–Crippen LogP) is 1.94. The van der Waals surface area contributed by atoms with Crippen molar-refractivity contribution >= 4 is 0 Å². The fraction of sp³-hybridized carbons (Fsp3) is 0.250. The molecule has 0 fully saturated rings. The maximum Gasteiger partial charge on any atom is 0.125 e. The Balaban J connectivity index is 2.51. The van der Waals surface area contributed by atoms with Crippen molar-refractivity contribution in [2.24, 2.45) is 7.05 Å². The normalized spacial score (nSPS) is 10.6. The van der Waals surface area contributed by atoms with Gasteiger partial charge in [-0.05, 0) is 12.1 Å². The molecule has 0 spiro atoms. The van der Waals surface area contributed by atoms with Crippen molar-refractivity contribution in [3.05, 3.63) is 36.0 Å². The highest BCUT2D eigenvalue weighted by Gasteiger charge is 2.12. The molecule has 0 aliphatic carbocycles. The van der Waals surface area contributed by atoms with E-state index in [4.69, 9.17) is 4.74 Å². The summed E-state index contributed by atoms with van der Waals surface area (Å²) >= 11 is 0. The second-order valence-corrected chi connectivity index (χ2v) is 3.63. The van der Waals surface area contributed by atoms with Gasteiger partial charge in [0.15, 0.2) is 0 Å². The number of ether oxygens (including phenoxy) is 1. The SMILES string of the molecule is COCc1cn(C)nc1-c1ccccc1O. The lowest BCUT2D eigenvalue weighted by molar-refractivity contribution is 0.185. The summed E-state index contributed by atoms with van der Waals surface area (Å²) in [6.45, 7) is 0.484. The summed E-state index contributed by atoms with van der Waals surface area (Å²) in [6.07, 6.45) is 1.89. The van der Waals surface area contributed by atoms with Gasteiger partial charge in [-0.3, -0.25) is 4.68 Å². The number of rotatable bonds is 3. The largest absolute Gasteiger partial charge is 0.507 e. The zero-order chi connectivity index (χ0) is 11.5. The Kier molecular flexibility index (Phi) is 2.92. The van der Waals surface area contributed by atoms with Crippen LogP contribution in [0.1, 0.15) is 5.56 Å². The van der Waals surface area contributed by atoms with Crippen molar-refractivity contribution in [2.75, 3.05) is 7.11 Å². The highest BCUT2D eigenvalue weighted by atomic mass is 16.5. The average Bonchev–Trinajstić information content (AvgIpc) is 2.61. The van der Waals surface area contributed by atoms with Gasteiger partial charge in [-0.25, -0.2) is 0 Å². The summed E-state index contributed by atoms with van der Waals surface area (Å²) < 4.78 is 6.83. The smallest absolute Gasteiger partial charge is 0.125 e. The van der Waals surface area contributed by atoms with E-state index in [2.05, 4.69) is 5.10 Å². The monoisotopic (exact) mass is 218 g/mol. The van der Waals surface area contributed by atoms with Gasteiger partial charge < -0.3 is 9.84 Å². The van der Waals surface area contributed by atoms with Gasteiger partial charge in [-0.1, -0.05) is 12.1 Å². The first kappa shape index (κ1) is 10.7. The molecule has 0 aliphatic heterocycles. The molecule has 0 bridgehead atoms. The molecule has 4 nitrogen and oxygen atoms in total. The van der Waals surface area contributed by atoms with Crippen LogP contribution in [-0.4, -0.2) is 22.0 Å². The molecule has 1 heterocycles. The highest BCUT2D eigenvalue weighted by Crippen LogP contribution is 2.30. The van der Waals surface area contributed by atoms with Crippen molar-refractivity contribution < 1.29 is 9.84 Å². The third kappa shape index (κ3) is 1.92. The zero-order valence-electron chi connectivity index (χ0n) is 9.34. The van der Waals surface area contributed by atoms with Gasteiger partial charge in [0.2, 0.25) is 0 Å². The highest BCUT2D eigenvalue weighted by molar-refractivity contribution is 5.69. The van der Waals surface area contributed by atoms with Crippen LogP contribution in [0.5, 0.6) is 5.75 Å². The summed E-state index contributed by atoms with van der Waals surface area (Å²) in [4.78, 5) is 0. The third-order valence-electron chi connectivity index (χ3n) is 2.36. The summed E-state index contributed by atoms with van der Waals surface area (Å²) in [5.74, 6) is 0.235. The molecule has 0 unspecified atom stereocenters.